The molecule has 0 spiro atoms. The van der Waals surface area contributed by atoms with Crippen molar-refractivity contribution in [3.8, 4) is 0 Å². The standard InChI is InChI=1S/C15H18O2/c1-2-14(12-7-4-3-5-8-12)15(16)11-13-9-6-10-17-13/h3-10,14-16H,2,11H2,1H3. The van der Waals surface area contributed by atoms with Crippen LogP contribution in [0.15, 0.2) is 53.1 Å². The molecule has 0 saturated heterocycles. The van der Waals surface area contributed by atoms with E-state index in [1.54, 1.807) is 6.26 Å². The Morgan fingerprint density at radius 3 is 2.47 bits per heavy atom. The van der Waals surface area contributed by atoms with Crippen LogP contribution in [0.1, 0.15) is 30.6 Å². The number of hydrogen-bond acceptors (Lipinski definition) is 2. The van der Waals surface area contributed by atoms with Crippen molar-refractivity contribution < 1.29 is 9.52 Å². The normalized spacial score (nSPS) is 14.5. The second-order valence-corrected chi connectivity index (χ2v) is 4.28. The zero-order valence-electron chi connectivity index (χ0n) is 10.0. The van der Waals surface area contributed by atoms with Gasteiger partial charge in [0.05, 0.1) is 12.4 Å². The molecule has 90 valence electrons. The third-order valence-corrected chi connectivity index (χ3v) is 3.12. The smallest absolute Gasteiger partial charge is 0.106 e. The van der Waals surface area contributed by atoms with Crippen LogP contribution in [0, 0.1) is 0 Å². The number of rotatable bonds is 5. The first-order chi connectivity index (χ1) is 8.31. The van der Waals surface area contributed by atoms with Gasteiger partial charge in [0, 0.05) is 12.3 Å². The molecule has 0 fully saturated rings. The molecule has 0 aliphatic heterocycles. The zero-order chi connectivity index (χ0) is 12.1. The molecule has 2 heteroatoms. The zero-order valence-corrected chi connectivity index (χ0v) is 10.0. The van der Waals surface area contributed by atoms with E-state index in [1.165, 1.54) is 5.56 Å². The minimum absolute atomic E-state index is 0.168. The van der Waals surface area contributed by atoms with Gasteiger partial charge in [-0.15, -0.1) is 0 Å². The largest absolute Gasteiger partial charge is 0.469 e. The molecule has 2 nitrogen and oxygen atoms in total. The highest BCUT2D eigenvalue weighted by molar-refractivity contribution is 5.21. The molecular formula is C15H18O2. The Bertz CT molecular complexity index is 419. The van der Waals surface area contributed by atoms with Gasteiger partial charge in [-0.1, -0.05) is 37.3 Å². The molecule has 0 aliphatic rings. The monoisotopic (exact) mass is 230 g/mol. The van der Waals surface area contributed by atoms with E-state index in [0.29, 0.717) is 6.42 Å². The van der Waals surface area contributed by atoms with Crippen molar-refractivity contribution in [3.05, 3.63) is 60.1 Å². The lowest BCUT2D eigenvalue weighted by Gasteiger charge is -2.21. The maximum Gasteiger partial charge on any atom is 0.106 e. The van der Waals surface area contributed by atoms with Crippen LogP contribution in [0.5, 0.6) is 0 Å². The maximum absolute atomic E-state index is 10.3. The molecule has 1 aromatic carbocycles. The quantitative estimate of drug-likeness (QED) is 0.854. The third-order valence-electron chi connectivity index (χ3n) is 3.12. The van der Waals surface area contributed by atoms with Crippen molar-refractivity contribution in [2.75, 3.05) is 0 Å². The molecule has 1 heterocycles. The second-order valence-electron chi connectivity index (χ2n) is 4.28. The van der Waals surface area contributed by atoms with E-state index in [1.807, 2.05) is 30.3 Å². The fourth-order valence-corrected chi connectivity index (χ4v) is 2.21. The van der Waals surface area contributed by atoms with Crippen molar-refractivity contribution in [1.82, 2.24) is 0 Å². The lowest BCUT2D eigenvalue weighted by molar-refractivity contribution is 0.134. The number of furan rings is 1. The number of aliphatic hydroxyl groups excluding tert-OH is 1. The maximum atomic E-state index is 10.3. The summed E-state index contributed by atoms with van der Waals surface area (Å²) in [7, 11) is 0. The molecule has 1 N–H and O–H groups in total. The second kappa shape index (κ2) is 5.69. The highest BCUT2D eigenvalue weighted by Gasteiger charge is 2.20. The summed E-state index contributed by atoms with van der Waals surface area (Å²) in [5.41, 5.74) is 1.19. The van der Waals surface area contributed by atoms with Crippen molar-refractivity contribution >= 4 is 0 Å². The summed E-state index contributed by atoms with van der Waals surface area (Å²) < 4.78 is 5.27. The SMILES string of the molecule is CCC(c1ccccc1)C(O)Cc1ccco1. The first kappa shape index (κ1) is 11.9. The first-order valence-electron chi connectivity index (χ1n) is 6.06. The summed E-state index contributed by atoms with van der Waals surface area (Å²) in [5, 5.41) is 10.3. The molecule has 2 aromatic rings. The highest BCUT2D eigenvalue weighted by Crippen LogP contribution is 2.25. The molecule has 2 atom stereocenters. The molecule has 0 saturated carbocycles. The molecule has 2 rings (SSSR count). The molecule has 17 heavy (non-hydrogen) atoms. The summed E-state index contributed by atoms with van der Waals surface area (Å²) in [4.78, 5) is 0. The summed E-state index contributed by atoms with van der Waals surface area (Å²) in [6.45, 7) is 2.10. The van der Waals surface area contributed by atoms with Crippen LogP contribution in [0.4, 0.5) is 0 Å². The van der Waals surface area contributed by atoms with Gasteiger partial charge in [0.25, 0.3) is 0 Å². The van der Waals surface area contributed by atoms with Gasteiger partial charge in [-0.25, -0.2) is 0 Å². The third kappa shape index (κ3) is 2.98. The van der Waals surface area contributed by atoms with E-state index < -0.39 is 6.10 Å². The average Bonchev–Trinajstić information content (AvgIpc) is 2.84. The number of benzene rings is 1. The van der Waals surface area contributed by atoms with Gasteiger partial charge in [-0.3, -0.25) is 0 Å². The lowest BCUT2D eigenvalue weighted by Crippen LogP contribution is -2.20. The molecule has 0 radical (unpaired) electrons. The van der Waals surface area contributed by atoms with Crippen molar-refractivity contribution in [3.63, 3.8) is 0 Å². The summed E-state index contributed by atoms with van der Waals surface area (Å²) in [6, 6.07) is 13.9. The van der Waals surface area contributed by atoms with Crippen molar-refractivity contribution in [1.29, 1.82) is 0 Å². The Morgan fingerprint density at radius 2 is 1.88 bits per heavy atom. The van der Waals surface area contributed by atoms with Crippen LogP contribution >= 0.6 is 0 Å². The van der Waals surface area contributed by atoms with Gasteiger partial charge in [0.2, 0.25) is 0 Å². The first-order valence-corrected chi connectivity index (χ1v) is 6.06. The van der Waals surface area contributed by atoms with E-state index in [4.69, 9.17) is 4.42 Å². The predicted molar refractivity (Wildman–Crippen MR) is 67.9 cm³/mol. The minimum atomic E-state index is -0.395. The molecule has 2 unspecified atom stereocenters. The molecule has 1 aromatic heterocycles. The van der Waals surface area contributed by atoms with E-state index >= 15 is 0 Å². The van der Waals surface area contributed by atoms with Gasteiger partial charge in [0.15, 0.2) is 0 Å². The van der Waals surface area contributed by atoms with Gasteiger partial charge in [0.1, 0.15) is 5.76 Å². The Morgan fingerprint density at radius 1 is 1.12 bits per heavy atom. The van der Waals surface area contributed by atoms with Gasteiger partial charge in [-0.05, 0) is 24.1 Å². The van der Waals surface area contributed by atoms with Crippen LogP contribution in [0.25, 0.3) is 0 Å². The minimum Gasteiger partial charge on any atom is -0.469 e. The Hall–Kier alpha value is -1.54. The van der Waals surface area contributed by atoms with E-state index in [9.17, 15) is 5.11 Å². The average molecular weight is 230 g/mol. The van der Waals surface area contributed by atoms with E-state index in [-0.39, 0.29) is 5.92 Å². The van der Waals surface area contributed by atoms with E-state index in [0.717, 1.165) is 12.2 Å². The van der Waals surface area contributed by atoms with Crippen molar-refractivity contribution in [2.24, 2.45) is 0 Å². The topological polar surface area (TPSA) is 33.4 Å². The summed E-state index contributed by atoms with van der Waals surface area (Å²) in [6.07, 6.45) is 2.74. The summed E-state index contributed by atoms with van der Waals surface area (Å²) in [5.74, 6) is 1.01. The van der Waals surface area contributed by atoms with E-state index in [2.05, 4.69) is 19.1 Å². The van der Waals surface area contributed by atoms with Crippen LogP contribution in [-0.2, 0) is 6.42 Å². The fourth-order valence-electron chi connectivity index (χ4n) is 2.21. The highest BCUT2D eigenvalue weighted by atomic mass is 16.3. The van der Waals surface area contributed by atoms with Crippen LogP contribution in [-0.4, -0.2) is 11.2 Å². The lowest BCUT2D eigenvalue weighted by atomic mass is 9.89. The fraction of sp³-hybridized carbons (Fsp3) is 0.333. The van der Waals surface area contributed by atoms with Gasteiger partial charge >= 0.3 is 0 Å². The van der Waals surface area contributed by atoms with Crippen LogP contribution in [0.2, 0.25) is 0 Å². The summed E-state index contributed by atoms with van der Waals surface area (Å²) >= 11 is 0. The number of aliphatic hydroxyl groups is 1. The van der Waals surface area contributed by atoms with Crippen LogP contribution in [0.3, 0.4) is 0 Å². The Balaban J connectivity index is 2.08. The Labute approximate surface area is 102 Å². The van der Waals surface area contributed by atoms with Crippen molar-refractivity contribution in [2.45, 2.75) is 31.8 Å². The molecule has 0 amide bonds. The van der Waals surface area contributed by atoms with Gasteiger partial charge in [-0.2, -0.15) is 0 Å². The number of hydrogen-bond donors (Lipinski definition) is 1. The Kier molecular flexibility index (Phi) is 3.99. The van der Waals surface area contributed by atoms with Crippen LogP contribution < -0.4 is 0 Å². The van der Waals surface area contributed by atoms with Gasteiger partial charge < -0.3 is 9.52 Å². The predicted octanol–water partition coefficient (Wildman–Crippen LogP) is 3.38. The molecule has 0 aliphatic carbocycles. The molecule has 0 bridgehead atoms. The molecular weight excluding hydrogens is 212 g/mol.